The van der Waals surface area contributed by atoms with E-state index in [1.807, 2.05) is 30.3 Å². The monoisotopic (exact) mass is 529 g/mol. The second kappa shape index (κ2) is 10.5. The van der Waals surface area contributed by atoms with Crippen LogP contribution in [0.4, 0.5) is 17.1 Å². The molecule has 0 aliphatic carbocycles. The molecule has 202 valence electrons. The predicted octanol–water partition coefficient (Wildman–Crippen LogP) is 7.79. The molecule has 1 amide bonds. The van der Waals surface area contributed by atoms with Gasteiger partial charge in [0.25, 0.3) is 0 Å². The molecule has 3 aliphatic heterocycles. The summed E-state index contributed by atoms with van der Waals surface area (Å²) in [6, 6.07) is 35.4. The molecule has 0 radical (unpaired) electrons. The van der Waals surface area contributed by atoms with E-state index in [-0.39, 0.29) is 5.91 Å². The number of carbonyl (C=O) groups is 1. The van der Waals surface area contributed by atoms with Crippen LogP contribution in [0.15, 0.2) is 97.1 Å². The first-order valence-corrected chi connectivity index (χ1v) is 14.5. The third-order valence-corrected chi connectivity index (χ3v) is 8.84. The van der Waals surface area contributed by atoms with Crippen LogP contribution < -0.4 is 15.0 Å². The van der Waals surface area contributed by atoms with Crippen molar-refractivity contribution in [1.82, 2.24) is 4.90 Å². The number of amides is 1. The summed E-state index contributed by atoms with van der Waals surface area (Å²) in [5.74, 6) is 1.69. The van der Waals surface area contributed by atoms with Crippen molar-refractivity contribution in [3.63, 3.8) is 0 Å². The summed E-state index contributed by atoms with van der Waals surface area (Å²) < 4.78 is 6.52. The van der Waals surface area contributed by atoms with Gasteiger partial charge in [-0.15, -0.1) is 0 Å². The fourth-order valence-electron chi connectivity index (χ4n) is 7.10. The van der Waals surface area contributed by atoms with E-state index < -0.39 is 0 Å². The average Bonchev–Trinajstić information content (AvgIpc) is 3.21. The number of anilines is 3. The fourth-order valence-corrected chi connectivity index (χ4v) is 7.10. The molecule has 0 unspecified atom stereocenters. The number of nitrogens with zero attached hydrogens (tertiary/aromatic N) is 2. The quantitative estimate of drug-likeness (QED) is 0.277. The van der Waals surface area contributed by atoms with Crippen molar-refractivity contribution in [2.75, 3.05) is 16.8 Å². The lowest BCUT2D eigenvalue weighted by Gasteiger charge is -2.46. The van der Waals surface area contributed by atoms with Crippen molar-refractivity contribution in [1.29, 1.82) is 0 Å². The van der Waals surface area contributed by atoms with E-state index in [1.165, 1.54) is 18.4 Å². The standard InChI is InChI=1S/C35H35N3O2/c1-24(39)36-31-12-6-5-11-30(31)26-15-18-33-35(21-26)40-34-14-8-7-13-32(34)38(33)29-22-27-16-17-28(23-29)37(27)20-19-25-9-3-2-4-10-25/h2-15,18,21,27-29H,16-17,19-20,22-23H2,1H3,(H,36,39)/t27-,28+,29+. The lowest BCUT2D eigenvalue weighted by molar-refractivity contribution is -0.114. The SMILES string of the molecule is CC(=O)Nc1ccccc1-c1ccc2c(c1)Oc1ccccc1N2[C@H]1C[C@H]2CC[C@@H](C1)N2CCc1ccccc1. The maximum absolute atomic E-state index is 11.8. The molecule has 4 aromatic rings. The van der Waals surface area contributed by atoms with Gasteiger partial charge in [-0.25, -0.2) is 0 Å². The van der Waals surface area contributed by atoms with E-state index in [0.717, 1.165) is 65.5 Å². The number of nitrogens with one attached hydrogen (secondary N) is 1. The second-order valence-electron chi connectivity index (χ2n) is 11.3. The zero-order valence-electron chi connectivity index (χ0n) is 22.9. The van der Waals surface area contributed by atoms with Crippen molar-refractivity contribution in [2.45, 2.75) is 57.2 Å². The van der Waals surface area contributed by atoms with Crippen LogP contribution in [-0.4, -0.2) is 35.5 Å². The molecule has 0 aromatic heterocycles. The zero-order valence-corrected chi connectivity index (χ0v) is 22.9. The van der Waals surface area contributed by atoms with Gasteiger partial charge in [0.1, 0.15) is 0 Å². The van der Waals surface area contributed by atoms with E-state index in [9.17, 15) is 4.79 Å². The van der Waals surface area contributed by atoms with Gasteiger partial charge < -0.3 is 15.0 Å². The number of para-hydroxylation sites is 3. The third kappa shape index (κ3) is 4.65. The van der Waals surface area contributed by atoms with Gasteiger partial charge >= 0.3 is 0 Å². The summed E-state index contributed by atoms with van der Waals surface area (Å²) in [5.41, 5.74) is 6.53. The largest absolute Gasteiger partial charge is 0.453 e. The summed E-state index contributed by atoms with van der Waals surface area (Å²) >= 11 is 0. The number of carbonyl (C=O) groups excluding carboxylic acids is 1. The van der Waals surface area contributed by atoms with Gasteiger partial charge in [0, 0.05) is 42.8 Å². The number of ether oxygens (including phenoxy) is 1. The molecule has 0 spiro atoms. The van der Waals surface area contributed by atoms with Crippen molar-refractivity contribution in [3.05, 3.63) is 103 Å². The Labute approximate surface area is 236 Å². The average molecular weight is 530 g/mol. The molecule has 2 fully saturated rings. The van der Waals surface area contributed by atoms with Gasteiger partial charge in [0.05, 0.1) is 11.4 Å². The predicted molar refractivity (Wildman–Crippen MR) is 162 cm³/mol. The Balaban J connectivity index is 1.18. The van der Waals surface area contributed by atoms with Gasteiger partial charge in [-0.2, -0.15) is 0 Å². The number of hydrogen-bond donors (Lipinski definition) is 1. The molecular weight excluding hydrogens is 494 g/mol. The van der Waals surface area contributed by atoms with Crippen LogP contribution in [0.3, 0.4) is 0 Å². The molecular formula is C35H35N3O2. The van der Waals surface area contributed by atoms with Crippen LogP contribution in [0.1, 0.15) is 38.2 Å². The third-order valence-electron chi connectivity index (χ3n) is 8.84. The topological polar surface area (TPSA) is 44.8 Å². The van der Waals surface area contributed by atoms with E-state index in [1.54, 1.807) is 6.92 Å². The number of piperidine rings is 1. The highest BCUT2D eigenvalue weighted by Gasteiger charge is 2.44. The molecule has 3 aliphatic rings. The molecule has 4 aromatic carbocycles. The Morgan fingerprint density at radius 3 is 2.30 bits per heavy atom. The summed E-state index contributed by atoms with van der Waals surface area (Å²) in [7, 11) is 0. The highest BCUT2D eigenvalue weighted by Crippen LogP contribution is 2.52. The highest BCUT2D eigenvalue weighted by molar-refractivity contribution is 5.94. The molecule has 40 heavy (non-hydrogen) atoms. The normalized spacial score (nSPS) is 21.3. The second-order valence-corrected chi connectivity index (χ2v) is 11.3. The van der Waals surface area contributed by atoms with E-state index in [4.69, 9.17) is 4.74 Å². The van der Waals surface area contributed by atoms with Crippen LogP contribution in [0.25, 0.3) is 11.1 Å². The number of rotatable bonds is 6. The summed E-state index contributed by atoms with van der Waals surface area (Å²) in [5, 5.41) is 2.97. The van der Waals surface area contributed by atoms with E-state index >= 15 is 0 Å². The Morgan fingerprint density at radius 2 is 1.50 bits per heavy atom. The summed E-state index contributed by atoms with van der Waals surface area (Å²) in [6.07, 6.45) is 6.00. The molecule has 3 heterocycles. The maximum Gasteiger partial charge on any atom is 0.221 e. The van der Waals surface area contributed by atoms with Gasteiger partial charge in [0.2, 0.25) is 5.91 Å². The zero-order chi connectivity index (χ0) is 27.1. The molecule has 2 saturated heterocycles. The summed E-state index contributed by atoms with van der Waals surface area (Å²) in [6.45, 7) is 2.68. The van der Waals surface area contributed by atoms with Gasteiger partial charge in [-0.1, -0.05) is 66.7 Å². The minimum absolute atomic E-state index is 0.0773. The number of fused-ring (bicyclic) bond motifs is 4. The highest BCUT2D eigenvalue weighted by atomic mass is 16.5. The van der Waals surface area contributed by atoms with Crippen molar-refractivity contribution >= 4 is 23.0 Å². The lowest BCUT2D eigenvalue weighted by atomic mass is 9.93. The number of benzene rings is 4. The lowest BCUT2D eigenvalue weighted by Crippen LogP contribution is -2.50. The Hall–Kier alpha value is -4.09. The number of hydrogen-bond acceptors (Lipinski definition) is 4. The first kappa shape index (κ1) is 24.9. The van der Waals surface area contributed by atoms with Crippen LogP contribution in [0.5, 0.6) is 11.5 Å². The Morgan fingerprint density at radius 1 is 0.800 bits per heavy atom. The molecule has 5 nitrogen and oxygen atoms in total. The Kier molecular flexibility index (Phi) is 6.52. The van der Waals surface area contributed by atoms with Crippen molar-refractivity contribution in [2.24, 2.45) is 0 Å². The minimum Gasteiger partial charge on any atom is -0.453 e. The van der Waals surface area contributed by atoms with Crippen LogP contribution >= 0.6 is 0 Å². The van der Waals surface area contributed by atoms with Crippen LogP contribution in [0, 0.1) is 0 Å². The smallest absolute Gasteiger partial charge is 0.221 e. The molecule has 7 rings (SSSR count). The van der Waals surface area contributed by atoms with Gasteiger partial charge in [-0.05, 0) is 73.6 Å². The minimum atomic E-state index is -0.0773. The first-order valence-electron chi connectivity index (χ1n) is 14.5. The molecule has 1 N–H and O–H groups in total. The van der Waals surface area contributed by atoms with Gasteiger partial charge in [0.15, 0.2) is 11.5 Å². The van der Waals surface area contributed by atoms with Crippen molar-refractivity contribution < 1.29 is 9.53 Å². The first-order chi connectivity index (χ1) is 19.6. The van der Waals surface area contributed by atoms with Gasteiger partial charge in [-0.3, -0.25) is 9.69 Å². The summed E-state index contributed by atoms with van der Waals surface area (Å²) in [4.78, 5) is 17.2. The molecule has 3 atom stereocenters. The van der Waals surface area contributed by atoms with E-state index in [0.29, 0.717) is 18.1 Å². The molecule has 2 bridgehead atoms. The fraction of sp³-hybridized carbons (Fsp3) is 0.286. The van der Waals surface area contributed by atoms with E-state index in [2.05, 4.69) is 81.8 Å². The molecule has 0 saturated carbocycles. The van der Waals surface area contributed by atoms with Crippen molar-refractivity contribution in [3.8, 4) is 22.6 Å². The van der Waals surface area contributed by atoms with Crippen LogP contribution in [-0.2, 0) is 11.2 Å². The maximum atomic E-state index is 11.8. The Bertz CT molecular complexity index is 1520. The molecule has 5 heteroatoms. The van der Waals surface area contributed by atoms with Crippen LogP contribution in [0.2, 0.25) is 0 Å².